The summed E-state index contributed by atoms with van der Waals surface area (Å²) in [5.74, 6) is 0.726. The van der Waals surface area contributed by atoms with Crippen molar-refractivity contribution >= 4 is 5.91 Å². The molecule has 15 heavy (non-hydrogen) atoms. The number of hydrogen-bond acceptors (Lipinski definition) is 2. The molecular formula is C12H26N2O. The van der Waals surface area contributed by atoms with Crippen molar-refractivity contribution in [2.24, 2.45) is 17.6 Å². The Kier molecular flexibility index (Phi) is 6.57. The van der Waals surface area contributed by atoms with Gasteiger partial charge < -0.3 is 10.6 Å². The fraction of sp³-hybridized carbons (Fsp3) is 0.917. The molecule has 0 aliphatic carbocycles. The van der Waals surface area contributed by atoms with E-state index in [9.17, 15) is 4.79 Å². The molecule has 0 aromatic rings. The van der Waals surface area contributed by atoms with Crippen LogP contribution in [0, 0.1) is 11.8 Å². The van der Waals surface area contributed by atoms with Gasteiger partial charge in [-0.25, -0.2) is 0 Å². The summed E-state index contributed by atoms with van der Waals surface area (Å²) in [5, 5.41) is 0. The number of carbonyl (C=O) groups is 1. The van der Waals surface area contributed by atoms with Crippen LogP contribution in [-0.2, 0) is 4.79 Å². The van der Waals surface area contributed by atoms with Gasteiger partial charge in [0.15, 0.2) is 0 Å². The van der Waals surface area contributed by atoms with E-state index < -0.39 is 0 Å². The van der Waals surface area contributed by atoms with Gasteiger partial charge in [-0.3, -0.25) is 4.79 Å². The molecule has 1 amide bonds. The van der Waals surface area contributed by atoms with Crippen LogP contribution in [0.25, 0.3) is 0 Å². The lowest BCUT2D eigenvalue weighted by molar-refractivity contribution is -0.137. The monoisotopic (exact) mass is 214 g/mol. The predicted octanol–water partition coefficient (Wildman–Crippen LogP) is 1.86. The SMILES string of the molecule is CCN(C(=O)C(CN)CC(C)C)C(C)C. The van der Waals surface area contributed by atoms with Crippen LogP contribution < -0.4 is 5.73 Å². The van der Waals surface area contributed by atoms with E-state index >= 15 is 0 Å². The minimum Gasteiger partial charge on any atom is -0.340 e. The highest BCUT2D eigenvalue weighted by Crippen LogP contribution is 2.15. The minimum atomic E-state index is -0.00708. The van der Waals surface area contributed by atoms with E-state index in [4.69, 9.17) is 5.73 Å². The fourth-order valence-electron chi connectivity index (χ4n) is 1.88. The lowest BCUT2D eigenvalue weighted by atomic mass is 9.95. The summed E-state index contributed by atoms with van der Waals surface area (Å²) >= 11 is 0. The third-order valence-electron chi connectivity index (χ3n) is 2.64. The molecular weight excluding hydrogens is 188 g/mol. The third kappa shape index (κ3) is 4.65. The number of carbonyl (C=O) groups excluding carboxylic acids is 1. The van der Waals surface area contributed by atoms with Gasteiger partial charge in [0.1, 0.15) is 0 Å². The van der Waals surface area contributed by atoms with E-state index in [1.165, 1.54) is 0 Å². The molecule has 3 nitrogen and oxygen atoms in total. The Morgan fingerprint density at radius 1 is 1.27 bits per heavy atom. The molecule has 0 fully saturated rings. The van der Waals surface area contributed by atoms with E-state index in [1.54, 1.807) is 0 Å². The zero-order valence-electron chi connectivity index (χ0n) is 10.8. The molecule has 2 N–H and O–H groups in total. The predicted molar refractivity (Wildman–Crippen MR) is 64.5 cm³/mol. The lowest BCUT2D eigenvalue weighted by Gasteiger charge is -2.29. The minimum absolute atomic E-state index is 0.00708. The van der Waals surface area contributed by atoms with Crippen molar-refractivity contribution in [3.8, 4) is 0 Å². The zero-order chi connectivity index (χ0) is 12.0. The summed E-state index contributed by atoms with van der Waals surface area (Å²) in [6, 6.07) is 0.267. The lowest BCUT2D eigenvalue weighted by Crippen LogP contribution is -2.43. The molecule has 0 heterocycles. The van der Waals surface area contributed by atoms with Gasteiger partial charge in [0.05, 0.1) is 5.92 Å². The van der Waals surface area contributed by atoms with Crippen LogP contribution in [0.5, 0.6) is 0 Å². The highest BCUT2D eigenvalue weighted by atomic mass is 16.2. The molecule has 0 aromatic carbocycles. The van der Waals surface area contributed by atoms with E-state index in [2.05, 4.69) is 13.8 Å². The van der Waals surface area contributed by atoms with Crippen molar-refractivity contribution in [2.45, 2.75) is 47.1 Å². The van der Waals surface area contributed by atoms with E-state index in [1.807, 2.05) is 25.7 Å². The summed E-state index contributed by atoms with van der Waals surface area (Å²) in [7, 11) is 0. The zero-order valence-corrected chi connectivity index (χ0v) is 10.8. The number of nitrogens with two attached hydrogens (primary N) is 1. The number of hydrogen-bond donors (Lipinski definition) is 1. The van der Waals surface area contributed by atoms with Gasteiger partial charge >= 0.3 is 0 Å². The van der Waals surface area contributed by atoms with Crippen molar-refractivity contribution < 1.29 is 4.79 Å². The van der Waals surface area contributed by atoms with Crippen LogP contribution in [0.3, 0.4) is 0 Å². The van der Waals surface area contributed by atoms with E-state index in [0.717, 1.165) is 13.0 Å². The maximum Gasteiger partial charge on any atom is 0.227 e. The number of rotatable bonds is 6. The van der Waals surface area contributed by atoms with Gasteiger partial charge in [0.2, 0.25) is 5.91 Å². The normalized spacial score (nSPS) is 13.3. The Hall–Kier alpha value is -0.570. The van der Waals surface area contributed by atoms with Gasteiger partial charge in [0.25, 0.3) is 0 Å². The van der Waals surface area contributed by atoms with Gasteiger partial charge in [-0.1, -0.05) is 13.8 Å². The largest absolute Gasteiger partial charge is 0.340 e. The van der Waals surface area contributed by atoms with Gasteiger partial charge in [0, 0.05) is 19.1 Å². The van der Waals surface area contributed by atoms with Crippen molar-refractivity contribution in [1.29, 1.82) is 0 Å². The molecule has 90 valence electrons. The van der Waals surface area contributed by atoms with Crippen molar-refractivity contribution in [2.75, 3.05) is 13.1 Å². The quantitative estimate of drug-likeness (QED) is 0.733. The van der Waals surface area contributed by atoms with Gasteiger partial charge in [-0.2, -0.15) is 0 Å². The molecule has 0 aliphatic heterocycles. The second kappa shape index (κ2) is 6.83. The van der Waals surface area contributed by atoms with Gasteiger partial charge in [-0.15, -0.1) is 0 Å². The molecule has 0 saturated heterocycles. The first kappa shape index (κ1) is 14.4. The molecule has 0 spiro atoms. The average molecular weight is 214 g/mol. The molecule has 3 heteroatoms. The molecule has 0 aliphatic rings. The van der Waals surface area contributed by atoms with Crippen LogP contribution in [0.15, 0.2) is 0 Å². The molecule has 0 aromatic heterocycles. The first-order chi connectivity index (χ1) is 6.93. The molecule has 0 bridgehead atoms. The Balaban J connectivity index is 4.47. The maximum absolute atomic E-state index is 12.1. The Morgan fingerprint density at radius 3 is 2.07 bits per heavy atom. The first-order valence-electron chi connectivity index (χ1n) is 5.94. The topological polar surface area (TPSA) is 46.3 Å². The Bertz CT molecular complexity index is 190. The standard InChI is InChI=1S/C12H26N2O/c1-6-14(10(4)5)12(15)11(8-13)7-9(2)3/h9-11H,6-8,13H2,1-5H3. The van der Waals surface area contributed by atoms with Crippen molar-refractivity contribution in [3.05, 3.63) is 0 Å². The molecule has 0 radical (unpaired) electrons. The maximum atomic E-state index is 12.1. The average Bonchev–Trinajstić information content (AvgIpc) is 2.14. The first-order valence-corrected chi connectivity index (χ1v) is 5.94. The van der Waals surface area contributed by atoms with Crippen LogP contribution in [-0.4, -0.2) is 29.9 Å². The molecule has 1 atom stereocenters. The summed E-state index contributed by atoms with van der Waals surface area (Å²) in [5.41, 5.74) is 5.67. The highest BCUT2D eigenvalue weighted by Gasteiger charge is 2.24. The molecule has 0 saturated carbocycles. The summed E-state index contributed by atoms with van der Waals surface area (Å²) < 4.78 is 0. The van der Waals surface area contributed by atoms with Crippen LogP contribution in [0.2, 0.25) is 0 Å². The smallest absolute Gasteiger partial charge is 0.227 e. The van der Waals surface area contributed by atoms with Crippen LogP contribution >= 0.6 is 0 Å². The molecule has 1 unspecified atom stereocenters. The Labute approximate surface area is 94.0 Å². The van der Waals surface area contributed by atoms with Crippen molar-refractivity contribution in [1.82, 2.24) is 4.90 Å². The van der Waals surface area contributed by atoms with Crippen molar-refractivity contribution in [3.63, 3.8) is 0 Å². The van der Waals surface area contributed by atoms with E-state index in [-0.39, 0.29) is 17.9 Å². The number of amides is 1. The van der Waals surface area contributed by atoms with Crippen LogP contribution in [0.4, 0.5) is 0 Å². The van der Waals surface area contributed by atoms with Gasteiger partial charge in [-0.05, 0) is 33.1 Å². The fourth-order valence-corrected chi connectivity index (χ4v) is 1.88. The van der Waals surface area contributed by atoms with E-state index in [0.29, 0.717) is 12.5 Å². The second-order valence-corrected chi connectivity index (χ2v) is 4.78. The highest BCUT2D eigenvalue weighted by molar-refractivity contribution is 5.79. The number of nitrogens with zero attached hydrogens (tertiary/aromatic N) is 1. The second-order valence-electron chi connectivity index (χ2n) is 4.78. The molecule has 0 rings (SSSR count). The third-order valence-corrected chi connectivity index (χ3v) is 2.64. The Morgan fingerprint density at radius 2 is 1.80 bits per heavy atom. The summed E-state index contributed by atoms with van der Waals surface area (Å²) in [6.07, 6.45) is 0.887. The summed E-state index contributed by atoms with van der Waals surface area (Å²) in [6.45, 7) is 11.6. The van der Waals surface area contributed by atoms with Crippen LogP contribution in [0.1, 0.15) is 41.0 Å². The summed E-state index contributed by atoms with van der Waals surface area (Å²) in [4.78, 5) is 14.0.